The molecule has 3 nitrogen and oxygen atoms in total. The molecule has 0 amide bonds. The second-order valence-corrected chi connectivity index (χ2v) is 2.38. The van der Waals surface area contributed by atoms with Crippen LogP contribution in [-0.2, 0) is 0 Å². The summed E-state index contributed by atoms with van der Waals surface area (Å²) in [6.07, 6.45) is 6.05. The zero-order valence-corrected chi connectivity index (χ0v) is 5.62. The molecule has 1 N–H and O–H groups in total. The maximum Gasteiger partial charge on any atom is 0.0974 e. The number of fused-ring (bicyclic) bond motifs is 1. The van der Waals surface area contributed by atoms with E-state index in [1.165, 1.54) is 0 Å². The number of nitrogens with zero attached hydrogens (tertiary/aromatic N) is 2. The van der Waals surface area contributed by atoms with E-state index in [0.717, 1.165) is 13.1 Å². The molecule has 1 unspecified atom stereocenters. The van der Waals surface area contributed by atoms with Crippen LogP contribution in [0, 0.1) is 6.54 Å². The van der Waals surface area contributed by atoms with Crippen LogP contribution >= 0.6 is 0 Å². The van der Waals surface area contributed by atoms with Crippen LogP contribution in [0.25, 0.3) is 0 Å². The molecule has 0 bridgehead atoms. The summed E-state index contributed by atoms with van der Waals surface area (Å²) in [4.78, 5) is 6.31. The van der Waals surface area contributed by atoms with Gasteiger partial charge >= 0.3 is 0 Å². The highest BCUT2D eigenvalue weighted by Gasteiger charge is 2.21. The summed E-state index contributed by atoms with van der Waals surface area (Å²) < 4.78 is 0. The molecular formula is C7H9N3. The van der Waals surface area contributed by atoms with Gasteiger partial charge in [-0.1, -0.05) is 6.08 Å². The van der Waals surface area contributed by atoms with Crippen molar-refractivity contribution in [3.8, 4) is 0 Å². The quantitative estimate of drug-likeness (QED) is 0.500. The van der Waals surface area contributed by atoms with E-state index in [1.54, 1.807) is 0 Å². The number of nitrogens with one attached hydrogen (secondary N) is 1. The Hall–Kier alpha value is -0.670. The van der Waals surface area contributed by atoms with Crippen molar-refractivity contribution < 1.29 is 0 Å². The van der Waals surface area contributed by atoms with Crippen LogP contribution in [0.15, 0.2) is 17.3 Å². The Morgan fingerprint density at radius 1 is 1.70 bits per heavy atom. The second kappa shape index (κ2) is 2.52. The van der Waals surface area contributed by atoms with E-state index in [2.05, 4.69) is 21.8 Å². The summed E-state index contributed by atoms with van der Waals surface area (Å²) in [7, 11) is 0. The van der Waals surface area contributed by atoms with Crippen LogP contribution in [-0.4, -0.2) is 30.4 Å². The summed E-state index contributed by atoms with van der Waals surface area (Å²) in [5.41, 5.74) is 0. The van der Waals surface area contributed by atoms with Gasteiger partial charge in [0.2, 0.25) is 0 Å². The largest absolute Gasteiger partial charge is 0.287 e. The fourth-order valence-corrected chi connectivity index (χ4v) is 1.13. The molecule has 0 aromatic rings. The maximum atomic E-state index is 4.06. The van der Waals surface area contributed by atoms with E-state index < -0.39 is 0 Å². The lowest BCUT2D eigenvalue weighted by Crippen LogP contribution is -2.36. The predicted molar refractivity (Wildman–Crippen MR) is 39.4 cm³/mol. The van der Waals surface area contributed by atoms with E-state index in [4.69, 9.17) is 0 Å². The summed E-state index contributed by atoms with van der Waals surface area (Å²) in [6, 6.07) is 0. The molecule has 2 rings (SSSR count). The molecule has 2 heterocycles. The molecule has 0 spiro atoms. The lowest BCUT2D eigenvalue weighted by atomic mass is 10.4. The molecule has 0 aromatic carbocycles. The van der Waals surface area contributed by atoms with Gasteiger partial charge in [0.15, 0.2) is 0 Å². The standard InChI is InChI=1S/C7H9N3/c1-2-8-6-7-9-3-5-10(7)4-1/h1-2,6-7,9H,4-5H2. The Bertz CT molecular complexity index is 174. The fourth-order valence-electron chi connectivity index (χ4n) is 1.13. The van der Waals surface area contributed by atoms with E-state index in [1.807, 2.05) is 18.5 Å². The SMILES string of the molecule is [C]1CN2CC=CN=CC2N1. The minimum atomic E-state index is 0.273. The monoisotopic (exact) mass is 135 g/mol. The summed E-state index contributed by atoms with van der Waals surface area (Å²) in [5.74, 6) is 0. The average molecular weight is 135 g/mol. The third-order valence-electron chi connectivity index (χ3n) is 1.68. The van der Waals surface area contributed by atoms with E-state index in [9.17, 15) is 0 Å². The lowest BCUT2D eigenvalue weighted by molar-refractivity contribution is 0.333. The van der Waals surface area contributed by atoms with Gasteiger partial charge in [-0.2, -0.15) is 0 Å². The minimum Gasteiger partial charge on any atom is -0.287 e. The summed E-state index contributed by atoms with van der Waals surface area (Å²) in [5, 5.41) is 3.09. The molecular weight excluding hydrogens is 126 g/mol. The Labute approximate surface area is 60.4 Å². The van der Waals surface area contributed by atoms with Crippen molar-refractivity contribution in [1.82, 2.24) is 10.2 Å². The first-order valence-corrected chi connectivity index (χ1v) is 3.37. The average Bonchev–Trinajstić information content (AvgIpc) is 2.28. The Kier molecular flexibility index (Phi) is 1.53. The van der Waals surface area contributed by atoms with Gasteiger partial charge in [0.1, 0.15) is 0 Å². The van der Waals surface area contributed by atoms with Gasteiger partial charge in [-0.3, -0.25) is 15.2 Å². The van der Waals surface area contributed by atoms with Crippen molar-refractivity contribution in [3.63, 3.8) is 0 Å². The van der Waals surface area contributed by atoms with Crippen LogP contribution in [0.3, 0.4) is 0 Å². The number of hydrogen-bond donors (Lipinski definition) is 1. The van der Waals surface area contributed by atoms with Crippen LogP contribution in [0.1, 0.15) is 0 Å². The molecule has 2 aliphatic rings. The summed E-state index contributed by atoms with van der Waals surface area (Å²) >= 11 is 0. The van der Waals surface area contributed by atoms with Crippen molar-refractivity contribution >= 4 is 6.21 Å². The molecule has 0 aliphatic carbocycles. The summed E-state index contributed by atoms with van der Waals surface area (Å²) in [6.45, 7) is 4.90. The highest BCUT2D eigenvalue weighted by Crippen LogP contribution is 2.05. The minimum absolute atomic E-state index is 0.273. The first-order valence-electron chi connectivity index (χ1n) is 3.37. The Morgan fingerprint density at radius 2 is 2.70 bits per heavy atom. The predicted octanol–water partition coefficient (Wildman–Crippen LogP) is -0.145. The number of hydrogen-bond acceptors (Lipinski definition) is 3. The second-order valence-electron chi connectivity index (χ2n) is 2.38. The zero-order chi connectivity index (χ0) is 6.81. The van der Waals surface area contributed by atoms with Crippen molar-refractivity contribution in [2.75, 3.05) is 13.1 Å². The van der Waals surface area contributed by atoms with Gasteiger partial charge in [-0.05, 0) is 0 Å². The highest BCUT2D eigenvalue weighted by molar-refractivity contribution is 5.65. The molecule has 3 heteroatoms. The fraction of sp³-hybridized carbons (Fsp3) is 0.429. The number of aliphatic imine (C=N–C) groups is 1. The molecule has 1 fully saturated rings. The van der Waals surface area contributed by atoms with Crippen molar-refractivity contribution in [2.45, 2.75) is 6.17 Å². The number of rotatable bonds is 0. The van der Waals surface area contributed by atoms with Crippen molar-refractivity contribution in [1.29, 1.82) is 0 Å². The molecule has 0 aromatic heterocycles. The molecule has 1 atom stereocenters. The van der Waals surface area contributed by atoms with Crippen LogP contribution in [0.2, 0.25) is 0 Å². The van der Waals surface area contributed by atoms with Gasteiger partial charge in [0.25, 0.3) is 0 Å². The van der Waals surface area contributed by atoms with Crippen LogP contribution in [0.4, 0.5) is 0 Å². The van der Waals surface area contributed by atoms with E-state index in [-0.39, 0.29) is 6.17 Å². The first-order chi connectivity index (χ1) is 4.97. The maximum absolute atomic E-state index is 4.06. The smallest absolute Gasteiger partial charge is 0.0974 e. The Balaban J connectivity index is 2.12. The lowest BCUT2D eigenvalue weighted by Gasteiger charge is -2.16. The molecule has 1 saturated heterocycles. The van der Waals surface area contributed by atoms with Crippen LogP contribution in [0.5, 0.6) is 0 Å². The van der Waals surface area contributed by atoms with Gasteiger partial charge in [-0.15, -0.1) is 0 Å². The Morgan fingerprint density at radius 3 is 3.70 bits per heavy atom. The molecule has 2 aliphatic heterocycles. The van der Waals surface area contributed by atoms with Crippen molar-refractivity contribution in [2.24, 2.45) is 4.99 Å². The molecule has 2 radical (unpaired) electrons. The molecule has 10 heavy (non-hydrogen) atoms. The third-order valence-corrected chi connectivity index (χ3v) is 1.68. The van der Waals surface area contributed by atoms with E-state index >= 15 is 0 Å². The van der Waals surface area contributed by atoms with Gasteiger partial charge in [0.05, 0.1) is 12.7 Å². The van der Waals surface area contributed by atoms with Crippen LogP contribution < -0.4 is 5.32 Å². The first kappa shape index (κ1) is 6.07. The normalized spacial score (nSPS) is 32.2. The highest BCUT2D eigenvalue weighted by atomic mass is 15.3. The topological polar surface area (TPSA) is 27.6 Å². The van der Waals surface area contributed by atoms with Gasteiger partial charge < -0.3 is 0 Å². The third kappa shape index (κ3) is 0.978. The van der Waals surface area contributed by atoms with Gasteiger partial charge in [-0.25, -0.2) is 0 Å². The van der Waals surface area contributed by atoms with Crippen molar-refractivity contribution in [3.05, 3.63) is 18.8 Å². The van der Waals surface area contributed by atoms with Gasteiger partial charge in [0, 0.05) is 25.5 Å². The zero-order valence-electron chi connectivity index (χ0n) is 5.62. The molecule has 52 valence electrons. The van der Waals surface area contributed by atoms with E-state index in [0.29, 0.717) is 0 Å². The molecule has 0 saturated carbocycles.